The Labute approximate surface area is 114 Å². The van der Waals surface area contributed by atoms with Crippen molar-refractivity contribution in [3.8, 4) is 0 Å². The maximum atomic E-state index is 6.17. The topological polar surface area (TPSA) is 43.8 Å². The summed E-state index contributed by atoms with van der Waals surface area (Å²) in [6, 6.07) is 6.90. The van der Waals surface area contributed by atoms with E-state index in [0.717, 1.165) is 17.4 Å². The van der Waals surface area contributed by atoms with Gasteiger partial charge in [0.15, 0.2) is 0 Å². The third-order valence-corrected chi connectivity index (χ3v) is 4.81. The number of benzene rings is 1. The van der Waals surface area contributed by atoms with Crippen LogP contribution in [0, 0.1) is 18.8 Å². The lowest BCUT2D eigenvalue weighted by atomic mass is 9.79. The molecule has 0 radical (unpaired) electrons. The average molecular weight is 257 g/mol. The minimum Gasteiger partial charge on any atom is -0.369 e. The predicted octanol–water partition coefficient (Wildman–Crippen LogP) is 3.92. The van der Waals surface area contributed by atoms with Gasteiger partial charge in [0.1, 0.15) is 0 Å². The molecule has 3 nitrogen and oxygen atoms in total. The summed E-state index contributed by atoms with van der Waals surface area (Å²) in [6.07, 6.45) is 3.72. The standard InChI is InChI=1S/C16H23N3/c1-10-4-7-14-15(8-10)19(16(17)18-14)13-6-5-11(2)12(3)9-13/h4,7-8,11-13H,5-6,9H2,1-3H3,(H2,17,18). The van der Waals surface area contributed by atoms with Crippen LogP contribution in [-0.4, -0.2) is 9.55 Å². The Morgan fingerprint density at radius 3 is 2.74 bits per heavy atom. The Morgan fingerprint density at radius 1 is 1.21 bits per heavy atom. The van der Waals surface area contributed by atoms with Crippen molar-refractivity contribution in [3.05, 3.63) is 23.8 Å². The van der Waals surface area contributed by atoms with Gasteiger partial charge in [-0.15, -0.1) is 0 Å². The SMILES string of the molecule is Cc1ccc2nc(N)n(C3CCC(C)C(C)C3)c2c1. The molecular weight excluding hydrogens is 234 g/mol. The van der Waals surface area contributed by atoms with Gasteiger partial charge < -0.3 is 10.3 Å². The van der Waals surface area contributed by atoms with E-state index >= 15 is 0 Å². The molecule has 1 aromatic heterocycles. The molecular formula is C16H23N3. The van der Waals surface area contributed by atoms with E-state index in [1.165, 1.54) is 30.3 Å². The molecule has 0 saturated heterocycles. The van der Waals surface area contributed by atoms with Crippen LogP contribution in [0.1, 0.15) is 44.7 Å². The second kappa shape index (κ2) is 4.55. The summed E-state index contributed by atoms with van der Waals surface area (Å²) in [5.74, 6) is 2.27. The van der Waals surface area contributed by atoms with E-state index < -0.39 is 0 Å². The molecule has 1 fully saturated rings. The fourth-order valence-electron chi connectivity index (χ4n) is 3.36. The van der Waals surface area contributed by atoms with Gasteiger partial charge in [0.05, 0.1) is 11.0 Å². The molecule has 0 aliphatic heterocycles. The first kappa shape index (κ1) is 12.5. The van der Waals surface area contributed by atoms with Crippen LogP contribution < -0.4 is 5.73 Å². The first-order valence-electron chi connectivity index (χ1n) is 7.30. The molecule has 1 aliphatic carbocycles. The normalized spacial score (nSPS) is 27.8. The molecule has 19 heavy (non-hydrogen) atoms. The average Bonchev–Trinajstić information content (AvgIpc) is 2.68. The zero-order chi connectivity index (χ0) is 13.6. The molecule has 1 aromatic carbocycles. The first-order valence-corrected chi connectivity index (χ1v) is 7.30. The largest absolute Gasteiger partial charge is 0.369 e. The summed E-state index contributed by atoms with van der Waals surface area (Å²) < 4.78 is 2.27. The smallest absolute Gasteiger partial charge is 0.201 e. The Balaban J connectivity index is 2.04. The molecule has 3 atom stereocenters. The molecule has 102 valence electrons. The van der Waals surface area contributed by atoms with Crippen LogP contribution in [0.4, 0.5) is 5.95 Å². The summed E-state index contributed by atoms with van der Waals surface area (Å²) in [4.78, 5) is 4.51. The molecule has 1 aliphatic rings. The quantitative estimate of drug-likeness (QED) is 0.841. The number of nitrogens with two attached hydrogens (primary N) is 1. The number of nitrogens with zero attached hydrogens (tertiary/aromatic N) is 2. The van der Waals surface area contributed by atoms with Crippen LogP contribution in [0.15, 0.2) is 18.2 Å². The summed E-state index contributed by atoms with van der Waals surface area (Å²) in [7, 11) is 0. The molecule has 2 aromatic rings. The molecule has 3 heteroatoms. The van der Waals surface area contributed by atoms with Crippen LogP contribution in [-0.2, 0) is 0 Å². The highest BCUT2D eigenvalue weighted by Gasteiger charge is 2.27. The van der Waals surface area contributed by atoms with Crippen molar-refractivity contribution in [2.45, 2.75) is 46.1 Å². The molecule has 0 amide bonds. The van der Waals surface area contributed by atoms with Crippen molar-refractivity contribution < 1.29 is 0 Å². The van der Waals surface area contributed by atoms with Gasteiger partial charge in [-0.2, -0.15) is 0 Å². The van der Waals surface area contributed by atoms with Crippen molar-refractivity contribution in [1.82, 2.24) is 9.55 Å². The summed E-state index contributed by atoms with van der Waals surface area (Å²) in [5.41, 5.74) is 9.66. The van der Waals surface area contributed by atoms with Crippen LogP contribution in [0.5, 0.6) is 0 Å². The van der Waals surface area contributed by atoms with E-state index in [1.807, 2.05) is 0 Å². The van der Waals surface area contributed by atoms with E-state index in [2.05, 4.69) is 48.5 Å². The molecule has 1 heterocycles. The number of rotatable bonds is 1. The lowest BCUT2D eigenvalue weighted by Crippen LogP contribution is -2.24. The molecule has 3 rings (SSSR count). The number of aromatic nitrogens is 2. The highest BCUT2D eigenvalue weighted by molar-refractivity contribution is 5.79. The van der Waals surface area contributed by atoms with E-state index in [0.29, 0.717) is 12.0 Å². The summed E-state index contributed by atoms with van der Waals surface area (Å²) in [5, 5.41) is 0. The van der Waals surface area contributed by atoms with Crippen LogP contribution >= 0.6 is 0 Å². The maximum absolute atomic E-state index is 6.17. The highest BCUT2D eigenvalue weighted by atomic mass is 15.2. The molecule has 0 bridgehead atoms. The number of fused-ring (bicyclic) bond motifs is 1. The van der Waals surface area contributed by atoms with Gasteiger partial charge >= 0.3 is 0 Å². The monoisotopic (exact) mass is 257 g/mol. The summed E-state index contributed by atoms with van der Waals surface area (Å²) >= 11 is 0. The zero-order valence-electron chi connectivity index (χ0n) is 12.1. The van der Waals surface area contributed by atoms with E-state index in [-0.39, 0.29) is 0 Å². The second-order valence-corrected chi connectivity index (χ2v) is 6.25. The number of imidazole rings is 1. The van der Waals surface area contributed by atoms with Crippen molar-refractivity contribution in [1.29, 1.82) is 0 Å². The van der Waals surface area contributed by atoms with Gasteiger partial charge in [-0.05, 0) is 55.7 Å². The number of nitrogen functional groups attached to an aromatic ring is 1. The number of aryl methyl sites for hydroxylation is 1. The lowest BCUT2D eigenvalue weighted by molar-refractivity contribution is 0.215. The van der Waals surface area contributed by atoms with Crippen LogP contribution in [0.2, 0.25) is 0 Å². The van der Waals surface area contributed by atoms with Crippen molar-refractivity contribution in [3.63, 3.8) is 0 Å². The van der Waals surface area contributed by atoms with Gasteiger partial charge in [0.25, 0.3) is 0 Å². The molecule has 1 saturated carbocycles. The number of hydrogen-bond donors (Lipinski definition) is 1. The van der Waals surface area contributed by atoms with E-state index in [4.69, 9.17) is 5.73 Å². The Kier molecular flexibility index (Phi) is 3.00. The van der Waals surface area contributed by atoms with Gasteiger partial charge in [-0.1, -0.05) is 19.9 Å². The third kappa shape index (κ3) is 2.11. The van der Waals surface area contributed by atoms with E-state index in [1.54, 1.807) is 0 Å². The molecule has 0 spiro atoms. The first-order chi connectivity index (χ1) is 9.06. The van der Waals surface area contributed by atoms with Crippen molar-refractivity contribution in [2.75, 3.05) is 5.73 Å². The van der Waals surface area contributed by atoms with E-state index in [9.17, 15) is 0 Å². The van der Waals surface area contributed by atoms with Crippen LogP contribution in [0.25, 0.3) is 11.0 Å². The Hall–Kier alpha value is -1.51. The Morgan fingerprint density at radius 2 is 2.00 bits per heavy atom. The number of anilines is 1. The van der Waals surface area contributed by atoms with Gasteiger partial charge in [0, 0.05) is 6.04 Å². The molecule has 3 unspecified atom stereocenters. The van der Waals surface area contributed by atoms with Gasteiger partial charge in [-0.3, -0.25) is 0 Å². The van der Waals surface area contributed by atoms with Crippen LogP contribution in [0.3, 0.4) is 0 Å². The lowest BCUT2D eigenvalue weighted by Gasteiger charge is -2.33. The Bertz CT molecular complexity index is 599. The van der Waals surface area contributed by atoms with Gasteiger partial charge in [0.2, 0.25) is 5.95 Å². The minimum atomic E-state index is 0.512. The fraction of sp³-hybridized carbons (Fsp3) is 0.562. The molecule has 2 N–H and O–H groups in total. The number of hydrogen-bond acceptors (Lipinski definition) is 2. The third-order valence-electron chi connectivity index (χ3n) is 4.81. The second-order valence-electron chi connectivity index (χ2n) is 6.25. The zero-order valence-corrected chi connectivity index (χ0v) is 12.1. The van der Waals surface area contributed by atoms with Crippen molar-refractivity contribution >= 4 is 17.0 Å². The van der Waals surface area contributed by atoms with Gasteiger partial charge in [-0.25, -0.2) is 4.98 Å². The summed E-state index contributed by atoms with van der Waals surface area (Å²) in [6.45, 7) is 6.84. The minimum absolute atomic E-state index is 0.512. The maximum Gasteiger partial charge on any atom is 0.201 e. The fourth-order valence-corrected chi connectivity index (χ4v) is 3.36. The highest BCUT2D eigenvalue weighted by Crippen LogP contribution is 2.39. The predicted molar refractivity (Wildman–Crippen MR) is 80.1 cm³/mol. The van der Waals surface area contributed by atoms with Crippen molar-refractivity contribution in [2.24, 2.45) is 11.8 Å².